The molecule has 25 heavy (non-hydrogen) atoms. The molecule has 0 spiro atoms. The average molecular weight is 377 g/mol. The van der Waals surface area contributed by atoms with Crippen LogP contribution >= 0.6 is 23.5 Å². The van der Waals surface area contributed by atoms with Gasteiger partial charge in [0.05, 0.1) is 5.75 Å². The molecule has 0 bridgehead atoms. The number of benzene rings is 1. The van der Waals surface area contributed by atoms with Gasteiger partial charge in [-0.05, 0) is 37.1 Å². The average Bonchev–Trinajstić information content (AvgIpc) is 2.86. The minimum Gasteiger partial charge on any atom is -0.355 e. The Kier molecular flexibility index (Phi) is 7.23. The minimum atomic E-state index is 0.0701. The van der Waals surface area contributed by atoms with Crippen molar-refractivity contribution >= 4 is 29.4 Å². The first-order valence-corrected chi connectivity index (χ1v) is 10.8. The summed E-state index contributed by atoms with van der Waals surface area (Å²) in [4.78, 5) is 13.3. The molecular weight excluding hydrogens is 352 g/mol. The van der Waals surface area contributed by atoms with Crippen molar-refractivity contribution in [2.45, 2.75) is 48.7 Å². The summed E-state index contributed by atoms with van der Waals surface area (Å²) >= 11 is 3.31. The number of hydrogen-bond acceptors (Lipinski definition) is 5. The summed E-state index contributed by atoms with van der Waals surface area (Å²) in [7, 11) is 0. The Morgan fingerprint density at radius 3 is 2.88 bits per heavy atom. The van der Waals surface area contributed by atoms with E-state index in [1.54, 1.807) is 0 Å². The van der Waals surface area contributed by atoms with Gasteiger partial charge in [-0.15, -0.1) is 22.0 Å². The van der Waals surface area contributed by atoms with Crippen LogP contribution in [0.1, 0.15) is 31.5 Å². The summed E-state index contributed by atoms with van der Waals surface area (Å²) in [5.74, 6) is 2.55. The number of amides is 1. The Balaban J connectivity index is 1.33. The van der Waals surface area contributed by atoms with Gasteiger partial charge in [-0.1, -0.05) is 36.4 Å². The molecule has 7 heteroatoms. The molecule has 5 nitrogen and oxygen atoms in total. The Labute approximate surface area is 157 Å². The largest absolute Gasteiger partial charge is 0.355 e. The fourth-order valence-electron chi connectivity index (χ4n) is 2.75. The Morgan fingerprint density at radius 2 is 2.00 bits per heavy atom. The highest BCUT2D eigenvalue weighted by molar-refractivity contribution is 7.99. The number of carbonyl (C=O) groups is 1. The summed E-state index contributed by atoms with van der Waals surface area (Å²) < 4.78 is 2.18. The molecule has 1 aliphatic rings. The summed E-state index contributed by atoms with van der Waals surface area (Å²) in [6, 6.07) is 10.3. The zero-order valence-electron chi connectivity index (χ0n) is 14.3. The van der Waals surface area contributed by atoms with Crippen molar-refractivity contribution in [1.29, 1.82) is 0 Å². The highest BCUT2D eigenvalue weighted by atomic mass is 32.2. The molecule has 1 N–H and O–H groups in total. The molecule has 0 radical (unpaired) electrons. The lowest BCUT2D eigenvalue weighted by atomic mass is 10.2. The van der Waals surface area contributed by atoms with Gasteiger partial charge in [0.25, 0.3) is 0 Å². The summed E-state index contributed by atoms with van der Waals surface area (Å²) in [6.45, 7) is 1.69. The van der Waals surface area contributed by atoms with Crippen LogP contribution in [0.5, 0.6) is 0 Å². The second kappa shape index (κ2) is 9.87. The lowest BCUT2D eigenvalue weighted by molar-refractivity contribution is -0.118. The van der Waals surface area contributed by atoms with Crippen molar-refractivity contribution in [2.24, 2.45) is 0 Å². The smallest absolute Gasteiger partial charge is 0.230 e. The van der Waals surface area contributed by atoms with E-state index in [-0.39, 0.29) is 5.91 Å². The van der Waals surface area contributed by atoms with E-state index < -0.39 is 0 Å². The van der Waals surface area contributed by atoms with Gasteiger partial charge >= 0.3 is 0 Å². The van der Waals surface area contributed by atoms with Crippen LogP contribution in [-0.4, -0.2) is 38.7 Å². The molecule has 1 aromatic carbocycles. The highest BCUT2D eigenvalue weighted by Crippen LogP contribution is 2.21. The molecule has 1 aromatic heterocycles. The number of aryl methyl sites for hydroxylation is 1. The van der Waals surface area contributed by atoms with Gasteiger partial charge in [-0.3, -0.25) is 4.79 Å². The summed E-state index contributed by atoms with van der Waals surface area (Å²) in [6.07, 6.45) is 5.57. The first-order chi connectivity index (χ1) is 12.3. The molecule has 1 amide bonds. The summed E-state index contributed by atoms with van der Waals surface area (Å²) in [5, 5.41) is 12.4. The van der Waals surface area contributed by atoms with Crippen molar-refractivity contribution in [1.82, 2.24) is 20.1 Å². The van der Waals surface area contributed by atoms with Crippen LogP contribution in [0, 0.1) is 0 Å². The third-order valence-electron chi connectivity index (χ3n) is 4.06. The zero-order chi connectivity index (χ0) is 17.3. The predicted octanol–water partition coefficient (Wildman–Crippen LogP) is 3.40. The first-order valence-electron chi connectivity index (χ1n) is 8.82. The lowest BCUT2D eigenvalue weighted by Crippen LogP contribution is -2.26. The van der Waals surface area contributed by atoms with Gasteiger partial charge in [-0.2, -0.15) is 0 Å². The number of rotatable bonds is 8. The SMILES string of the molecule is O=C(CSc1nnc2n1CCCCC2)NCCCSc1ccccc1. The van der Waals surface area contributed by atoms with E-state index in [2.05, 4.69) is 32.2 Å². The zero-order valence-corrected chi connectivity index (χ0v) is 16.0. The normalized spacial score (nSPS) is 13.9. The van der Waals surface area contributed by atoms with E-state index in [4.69, 9.17) is 0 Å². The molecule has 0 fully saturated rings. The monoisotopic (exact) mass is 376 g/mol. The Morgan fingerprint density at radius 1 is 1.12 bits per heavy atom. The van der Waals surface area contributed by atoms with Gasteiger partial charge < -0.3 is 9.88 Å². The Bertz CT molecular complexity index is 675. The number of fused-ring (bicyclic) bond motifs is 1. The van der Waals surface area contributed by atoms with Crippen LogP contribution in [-0.2, 0) is 17.8 Å². The fourth-order valence-corrected chi connectivity index (χ4v) is 4.44. The maximum Gasteiger partial charge on any atom is 0.230 e. The van der Waals surface area contributed by atoms with Gasteiger partial charge in [-0.25, -0.2) is 0 Å². The van der Waals surface area contributed by atoms with Crippen molar-refractivity contribution in [3.63, 3.8) is 0 Å². The predicted molar refractivity (Wildman–Crippen MR) is 103 cm³/mol. The molecule has 3 rings (SSSR count). The topological polar surface area (TPSA) is 59.8 Å². The molecule has 134 valence electrons. The van der Waals surface area contributed by atoms with E-state index in [0.717, 1.165) is 42.7 Å². The molecule has 2 aromatic rings. The van der Waals surface area contributed by atoms with Gasteiger partial charge in [0.1, 0.15) is 5.82 Å². The molecule has 0 saturated heterocycles. The van der Waals surface area contributed by atoms with E-state index in [1.807, 2.05) is 30.0 Å². The van der Waals surface area contributed by atoms with Crippen molar-refractivity contribution in [3.05, 3.63) is 36.2 Å². The molecule has 0 saturated carbocycles. The number of hydrogen-bond donors (Lipinski definition) is 1. The Hall–Kier alpha value is -1.47. The number of nitrogens with one attached hydrogen (secondary N) is 1. The van der Waals surface area contributed by atoms with E-state index in [0.29, 0.717) is 5.75 Å². The van der Waals surface area contributed by atoms with E-state index in [9.17, 15) is 4.79 Å². The second-order valence-corrected chi connectivity index (χ2v) is 8.13. The number of nitrogens with zero attached hydrogens (tertiary/aromatic N) is 3. The molecular formula is C18H24N4OS2. The molecule has 0 unspecified atom stereocenters. The maximum absolute atomic E-state index is 12.0. The summed E-state index contributed by atoms with van der Waals surface area (Å²) in [5.41, 5.74) is 0. The number of aromatic nitrogens is 3. The van der Waals surface area contributed by atoms with Crippen molar-refractivity contribution in [2.75, 3.05) is 18.1 Å². The molecule has 1 aliphatic heterocycles. The fraction of sp³-hybridized carbons (Fsp3) is 0.500. The third-order valence-corrected chi connectivity index (χ3v) is 6.13. The van der Waals surface area contributed by atoms with Crippen LogP contribution in [0.2, 0.25) is 0 Å². The van der Waals surface area contributed by atoms with E-state index >= 15 is 0 Å². The number of carbonyl (C=O) groups excluding carboxylic acids is 1. The first kappa shape index (κ1) is 18.3. The highest BCUT2D eigenvalue weighted by Gasteiger charge is 2.15. The molecule has 0 atom stereocenters. The maximum atomic E-state index is 12.0. The standard InChI is InChI=1S/C18H24N4OS2/c23-17(19-11-7-13-24-15-8-3-1-4-9-15)14-25-18-21-20-16-10-5-2-6-12-22(16)18/h1,3-4,8-9H,2,5-7,10-14H2,(H,19,23). The van der Waals surface area contributed by atoms with Crippen LogP contribution in [0.3, 0.4) is 0 Å². The quantitative estimate of drug-likeness (QED) is 0.565. The van der Waals surface area contributed by atoms with Crippen LogP contribution in [0.4, 0.5) is 0 Å². The van der Waals surface area contributed by atoms with E-state index in [1.165, 1.54) is 35.9 Å². The van der Waals surface area contributed by atoms with Gasteiger partial charge in [0.2, 0.25) is 5.91 Å². The molecule has 0 aliphatic carbocycles. The number of thioether (sulfide) groups is 2. The third kappa shape index (κ3) is 5.78. The van der Waals surface area contributed by atoms with Gasteiger partial charge in [0.15, 0.2) is 5.16 Å². The van der Waals surface area contributed by atoms with Crippen molar-refractivity contribution in [3.8, 4) is 0 Å². The van der Waals surface area contributed by atoms with Crippen LogP contribution < -0.4 is 5.32 Å². The molecule has 2 heterocycles. The minimum absolute atomic E-state index is 0.0701. The van der Waals surface area contributed by atoms with Crippen LogP contribution in [0.15, 0.2) is 40.4 Å². The second-order valence-electron chi connectivity index (χ2n) is 6.01. The van der Waals surface area contributed by atoms with Gasteiger partial charge in [0, 0.05) is 24.4 Å². The van der Waals surface area contributed by atoms with Crippen LogP contribution in [0.25, 0.3) is 0 Å². The lowest BCUT2D eigenvalue weighted by Gasteiger charge is -2.07. The van der Waals surface area contributed by atoms with Crippen molar-refractivity contribution < 1.29 is 4.79 Å².